The van der Waals surface area contributed by atoms with Gasteiger partial charge in [0.25, 0.3) is 0 Å². The van der Waals surface area contributed by atoms with Crippen LogP contribution in [0.3, 0.4) is 0 Å². The number of nitrogens with zero attached hydrogens (tertiary/aromatic N) is 4. The number of amides is 3. The van der Waals surface area contributed by atoms with Crippen molar-refractivity contribution in [1.82, 2.24) is 24.9 Å². The predicted octanol–water partition coefficient (Wildman–Crippen LogP) is 0.574. The Hall–Kier alpha value is -2.45. The molecule has 0 radical (unpaired) electrons. The second-order valence-electron chi connectivity index (χ2n) is 6.72. The molecule has 3 amide bonds. The van der Waals surface area contributed by atoms with Gasteiger partial charge in [0.15, 0.2) is 0 Å². The number of fused-ring (bicyclic) bond motifs is 1. The maximum Gasteiger partial charge on any atom is 0.329 e. The van der Waals surface area contributed by atoms with Crippen LogP contribution in [-0.2, 0) is 11.3 Å². The molecule has 0 aliphatic carbocycles. The number of aromatic nitrogens is 2. The van der Waals surface area contributed by atoms with Crippen LogP contribution in [0.5, 0.6) is 0 Å². The van der Waals surface area contributed by atoms with E-state index in [0.29, 0.717) is 24.8 Å². The van der Waals surface area contributed by atoms with E-state index in [2.05, 4.69) is 39.6 Å². The van der Waals surface area contributed by atoms with Gasteiger partial charge in [-0.25, -0.2) is 9.78 Å². The van der Waals surface area contributed by atoms with Crippen molar-refractivity contribution < 1.29 is 9.59 Å². The number of imidazole rings is 1. The Morgan fingerprint density at radius 1 is 1.32 bits per heavy atom. The summed E-state index contributed by atoms with van der Waals surface area (Å²) < 4.78 is 1.89. The molecule has 8 nitrogen and oxygen atoms in total. The minimum atomic E-state index is -0.392. The summed E-state index contributed by atoms with van der Waals surface area (Å²) in [5.74, 6) is 0.449. The van der Waals surface area contributed by atoms with E-state index in [0.717, 1.165) is 31.8 Å². The zero-order chi connectivity index (χ0) is 17.4. The number of imide groups is 1. The number of piperazine rings is 1. The molecule has 0 unspecified atom stereocenters. The third kappa shape index (κ3) is 3.22. The minimum Gasteiger partial charge on any atom is -0.312 e. The first-order valence-corrected chi connectivity index (χ1v) is 8.63. The Morgan fingerprint density at radius 3 is 3.00 bits per heavy atom. The summed E-state index contributed by atoms with van der Waals surface area (Å²) in [5.41, 5.74) is 2.01. The predicted molar refractivity (Wildman–Crippen MR) is 93.4 cm³/mol. The van der Waals surface area contributed by atoms with E-state index < -0.39 is 6.03 Å². The molecule has 4 rings (SSSR count). The summed E-state index contributed by atoms with van der Waals surface area (Å²) >= 11 is 0. The van der Waals surface area contributed by atoms with Crippen molar-refractivity contribution in [3.05, 3.63) is 30.1 Å². The van der Waals surface area contributed by atoms with Gasteiger partial charge in [0.2, 0.25) is 5.91 Å². The molecule has 2 aliphatic rings. The third-order valence-electron chi connectivity index (χ3n) is 4.75. The second kappa shape index (κ2) is 6.45. The lowest BCUT2D eigenvalue weighted by molar-refractivity contribution is -0.120. The van der Waals surface area contributed by atoms with E-state index in [1.807, 2.05) is 10.6 Å². The SMILES string of the molecule is C[C@H]1CN(Cc2ccn3c(N4CCC(=O)NC4=O)cnc3c2)CCN1. The highest BCUT2D eigenvalue weighted by Crippen LogP contribution is 2.20. The summed E-state index contributed by atoms with van der Waals surface area (Å²) in [7, 11) is 0. The molecule has 2 saturated heterocycles. The fraction of sp³-hybridized carbons (Fsp3) is 0.471. The Labute approximate surface area is 145 Å². The monoisotopic (exact) mass is 342 g/mol. The van der Waals surface area contributed by atoms with E-state index in [-0.39, 0.29) is 5.91 Å². The van der Waals surface area contributed by atoms with Crippen LogP contribution in [0.4, 0.5) is 10.6 Å². The normalized spacial score (nSPS) is 22.4. The molecule has 2 aromatic rings. The van der Waals surface area contributed by atoms with E-state index >= 15 is 0 Å². The maximum atomic E-state index is 12.0. The summed E-state index contributed by atoms with van der Waals surface area (Å²) in [6, 6.07) is 4.24. The molecular weight excluding hydrogens is 320 g/mol. The van der Waals surface area contributed by atoms with Crippen molar-refractivity contribution in [2.24, 2.45) is 0 Å². The van der Waals surface area contributed by atoms with Crippen molar-refractivity contribution >= 4 is 23.4 Å². The number of carbonyl (C=O) groups excluding carboxylic acids is 2. The molecule has 0 bridgehead atoms. The summed E-state index contributed by atoms with van der Waals surface area (Å²) in [5, 5.41) is 5.80. The third-order valence-corrected chi connectivity index (χ3v) is 4.75. The first kappa shape index (κ1) is 16.0. The summed E-state index contributed by atoms with van der Waals surface area (Å²) in [4.78, 5) is 31.8. The van der Waals surface area contributed by atoms with Gasteiger partial charge in [0, 0.05) is 51.4 Å². The van der Waals surface area contributed by atoms with Crippen LogP contribution < -0.4 is 15.5 Å². The highest BCUT2D eigenvalue weighted by atomic mass is 16.2. The van der Waals surface area contributed by atoms with Crippen LogP contribution >= 0.6 is 0 Å². The fourth-order valence-electron chi connectivity index (χ4n) is 3.50. The average Bonchev–Trinajstić information content (AvgIpc) is 2.98. The fourth-order valence-corrected chi connectivity index (χ4v) is 3.50. The lowest BCUT2D eigenvalue weighted by Gasteiger charge is -2.31. The Bertz CT molecular complexity index is 817. The molecule has 4 heterocycles. The second-order valence-corrected chi connectivity index (χ2v) is 6.72. The van der Waals surface area contributed by atoms with Crippen molar-refractivity contribution in [3.8, 4) is 0 Å². The standard InChI is InChI=1S/C17H22N6O2/c1-12-10-21(7-4-18-12)11-13-2-5-22-14(8-13)19-9-16(22)23-6-3-15(24)20-17(23)25/h2,5,8-9,12,18H,3-4,6-7,10-11H2,1H3,(H,20,24,25)/t12-/m0/s1. The molecule has 0 spiro atoms. The first-order chi connectivity index (χ1) is 12.1. The van der Waals surface area contributed by atoms with Gasteiger partial charge < -0.3 is 5.32 Å². The van der Waals surface area contributed by atoms with Gasteiger partial charge in [-0.3, -0.25) is 24.3 Å². The smallest absolute Gasteiger partial charge is 0.312 e. The average molecular weight is 342 g/mol. The molecular formula is C17H22N6O2. The number of hydrogen-bond acceptors (Lipinski definition) is 5. The van der Waals surface area contributed by atoms with Crippen molar-refractivity contribution in [2.75, 3.05) is 31.1 Å². The van der Waals surface area contributed by atoms with Gasteiger partial charge in [0.1, 0.15) is 11.5 Å². The van der Waals surface area contributed by atoms with Crippen molar-refractivity contribution in [2.45, 2.75) is 25.9 Å². The molecule has 0 aromatic carbocycles. The van der Waals surface area contributed by atoms with E-state index in [4.69, 9.17) is 0 Å². The number of nitrogens with one attached hydrogen (secondary N) is 2. The van der Waals surface area contributed by atoms with Crippen LogP contribution in [0.25, 0.3) is 5.65 Å². The number of urea groups is 1. The van der Waals surface area contributed by atoms with Crippen LogP contribution in [-0.4, -0.2) is 58.4 Å². The number of carbonyl (C=O) groups is 2. The largest absolute Gasteiger partial charge is 0.329 e. The highest BCUT2D eigenvalue weighted by Gasteiger charge is 2.26. The number of hydrogen-bond donors (Lipinski definition) is 2. The zero-order valence-electron chi connectivity index (χ0n) is 14.2. The van der Waals surface area contributed by atoms with Crippen LogP contribution in [0.1, 0.15) is 18.9 Å². The molecule has 8 heteroatoms. The van der Waals surface area contributed by atoms with Gasteiger partial charge >= 0.3 is 6.03 Å². The van der Waals surface area contributed by atoms with Crippen molar-refractivity contribution in [3.63, 3.8) is 0 Å². The molecule has 1 atom stereocenters. The van der Waals surface area contributed by atoms with Crippen LogP contribution in [0.15, 0.2) is 24.5 Å². The first-order valence-electron chi connectivity index (χ1n) is 8.63. The Morgan fingerprint density at radius 2 is 2.20 bits per heavy atom. The lowest BCUT2D eigenvalue weighted by Crippen LogP contribution is -2.50. The highest BCUT2D eigenvalue weighted by molar-refractivity contribution is 6.05. The quantitative estimate of drug-likeness (QED) is 0.852. The topological polar surface area (TPSA) is 82.0 Å². The summed E-state index contributed by atoms with van der Waals surface area (Å²) in [6.45, 7) is 6.55. The molecule has 132 valence electrons. The van der Waals surface area contributed by atoms with E-state index in [1.165, 1.54) is 5.56 Å². The van der Waals surface area contributed by atoms with Gasteiger partial charge in [-0.15, -0.1) is 0 Å². The molecule has 0 saturated carbocycles. The molecule has 2 fully saturated rings. The van der Waals surface area contributed by atoms with E-state index in [9.17, 15) is 9.59 Å². The molecule has 2 aromatic heterocycles. The van der Waals surface area contributed by atoms with Crippen molar-refractivity contribution in [1.29, 1.82) is 0 Å². The lowest BCUT2D eigenvalue weighted by atomic mass is 10.2. The molecule has 2 N–H and O–H groups in total. The van der Waals surface area contributed by atoms with Gasteiger partial charge in [-0.2, -0.15) is 0 Å². The Kier molecular flexibility index (Phi) is 4.14. The molecule has 25 heavy (non-hydrogen) atoms. The summed E-state index contributed by atoms with van der Waals surface area (Å²) in [6.07, 6.45) is 3.93. The van der Waals surface area contributed by atoms with Crippen LogP contribution in [0.2, 0.25) is 0 Å². The van der Waals surface area contributed by atoms with Gasteiger partial charge in [0.05, 0.1) is 6.20 Å². The van der Waals surface area contributed by atoms with Crippen LogP contribution in [0, 0.1) is 0 Å². The number of anilines is 1. The Balaban J connectivity index is 1.54. The van der Waals surface area contributed by atoms with Gasteiger partial charge in [-0.05, 0) is 24.6 Å². The number of rotatable bonds is 3. The van der Waals surface area contributed by atoms with E-state index in [1.54, 1.807) is 11.1 Å². The maximum absolute atomic E-state index is 12.0. The van der Waals surface area contributed by atoms with Gasteiger partial charge in [-0.1, -0.05) is 0 Å². The molecule has 2 aliphatic heterocycles. The minimum absolute atomic E-state index is 0.234. The zero-order valence-corrected chi connectivity index (χ0v) is 14.2. The number of pyridine rings is 1.